The molecule has 1 N–H and O–H groups in total. The minimum absolute atomic E-state index is 0.334. The fourth-order valence-corrected chi connectivity index (χ4v) is 0.584. The van der Waals surface area contributed by atoms with Crippen molar-refractivity contribution in [1.82, 2.24) is 0 Å². The van der Waals surface area contributed by atoms with Crippen molar-refractivity contribution in [3.05, 3.63) is 6.42 Å². The second kappa shape index (κ2) is 6.96. The summed E-state index contributed by atoms with van der Waals surface area (Å²) in [6.07, 6.45) is 6.66. The van der Waals surface area contributed by atoms with Crippen LogP contribution >= 0.6 is 0 Å². The Labute approximate surface area is 51.7 Å². The summed E-state index contributed by atoms with van der Waals surface area (Å²) in [5, 5.41) is 8.35. The van der Waals surface area contributed by atoms with Crippen LogP contribution in [0.5, 0.6) is 0 Å². The summed E-state index contributed by atoms with van der Waals surface area (Å²) in [6.45, 7) is 2.50. The molecular formula is C7H15O. The first-order chi connectivity index (χ1) is 3.91. The molecule has 0 spiro atoms. The number of rotatable bonds is 5. The minimum atomic E-state index is 0.334. The third-order valence-electron chi connectivity index (χ3n) is 1.06. The van der Waals surface area contributed by atoms with E-state index in [9.17, 15) is 0 Å². The van der Waals surface area contributed by atoms with Crippen molar-refractivity contribution in [1.29, 1.82) is 0 Å². The second-order valence-electron chi connectivity index (χ2n) is 1.94. The van der Waals surface area contributed by atoms with Crippen LogP contribution in [-0.2, 0) is 0 Å². The van der Waals surface area contributed by atoms with E-state index in [1.54, 1.807) is 0 Å². The maximum absolute atomic E-state index is 8.35. The quantitative estimate of drug-likeness (QED) is 0.541. The first-order valence-electron chi connectivity index (χ1n) is 3.34. The van der Waals surface area contributed by atoms with E-state index in [0.717, 1.165) is 12.8 Å². The summed E-state index contributed by atoms with van der Waals surface area (Å²) in [6, 6.07) is 0. The molecular weight excluding hydrogens is 100 g/mol. The largest absolute Gasteiger partial charge is 0.396 e. The zero-order valence-corrected chi connectivity index (χ0v) is 5.56. The summed E-state index contributed by atoms with van der Waals surface area (Å²) >= 11 is 0. The molecule has 0 aromatic heterocycles. The predicted octanol–water partition coefficient (Wildman–Crippen LogP) is 1.76. The Morgan fingerprint density at radius 1 is 1.38 bits per heavy atom. The van der Waals surface area contributed by atoms with Gasteiger partial charge in [-0.05, 0) is 19.3 Å². The van der Waals surface area contributed by atoms with Crippen LogP contribution in [-0.4, -0.2) is 11.7 Å². The first kappa shape index (κ1) is 7.96. The number of aliphatic hydroxyl groups excluding tert-OH is 1. The number of aliphatic hydroxyl groups is 1. The Hall–Kier alpha value is -0.0400. The van der Waals surface area contributed by atoms with Gasteiger partial charge in [0.15, 0.2) is 0 Å². The molecule has 0 fully saturated rings. The van der Waals surface area contributed by atoms with E-state index in [0.29, 0.717) is 6.61 Å². The van der Waals surface area contributed by atoms with Gasteiger partial charge in [-0.3, -0.25) is 0 Å². The lowest BCUT2D eigenvalue weighted by Crippen LogP contribution is -1.82. The fraction of sp³-hybridized carbons (Fsp3) is 0.857. The Balaban J connectivity index is 2.53. The summed E-state index contributed by atoms with van der Waals surface area (Å²) in [5.41, 5.74) is 0. The molecule has 0 saturated heterocycles. The van der Waals surface area contributed by atoms with Crippen molar-refractivity contribution in [2.45, 2.75) is 32.6 Å². The molecule has 0 amide bonds. The van der Waals surface area contributed by atoms with Gasteiger partial charge in [-0.2, -0.15) is 0 Å². The Kier molecular flexibility index (Phi) is 6.93. The zero-order chi connectivity index (χ0) is 6.24. The molecule has 0 aliphatic heterocycles. The molecule has 1 heteroatoms. The fourth-order valence-electron chi connectivity index (χ4n) is 0.584. The molecule has 0 aliphatic rings. The Morgan fingerprint density at radius 2 is 2.12 bits per heavy atom. The molecule has 0 atom stereocenters. The van der Waals surface area contributed by atoms with Crippen molar-refractivity contribution < 1.29 is 5.11 Å². The average Bonchev–Trinajstić information content (AvgIpc) is 1.81. The average molecular weight is 115 g/mol. The monoisotopic (exact) mass is 115 g/mol. The topological polar surface area (TPSA) is 20.2 Å². The van der Waals surface area contributed by atoms with E-state index < -0.39 is 0 Å². The van der Waals surface area contributed by atoms with Gasteiger partial charge in [0.05, 0.1) is 0 Å². The molecule has 0 aromatic carbocycles. The van der Waals surface area contributed by atoms with Gasteiger partial charge in [0.2, 0.25) is 0 Å². The molecule has 0 heterocycles. The molecule has 49 valence electrons. The SMILES string of the molecule is CCC[CH]CCCO. The van der Waals surface area contributed by atoms with E-state index in [-0.39, 0.29) is 0 Å². The van der Waals surface area contributed by atoms with Crippen molar-refractivity contribution in [3.8, 4) is 0 Å². The van der Waals surface area contributed by atoms with Crippen LogP contribution in [0.15, 0.2) is 0 Å². The van der Waals surface area contributed by atoms with Crippen molar-refractivity contribution in [3.63, 3.8) is 0 Å². The highest BCUT2D eigenvalue weighted by Crippen LogP contribution is 1.98. The van der Waals surface area contributed by atoms with Crippen molar-refractivity contribution >= 4 is 0 Å². The van der Waals surface area contributed by atoms with Gasteiger partial charge in [0.25, 0.3) is 0 Å². The molecule has 8 heavy (non-hydrogen) atoms. The first-order valence-corrected chi connectivity index (χ1v) is 3.34. The van der Waals surface area contributed by atoms with E-state index in [1.165, 1.54) is 12.8 Å². The van der Waals surface area contributed by atoms with E-state index >= 15 is 0 Å². The molecule has 1 radical (unpaired) electrons. The second-order valence-corrected chi connectivity index (χ2v) is 1.94. The van der Waals surface area contributed by atoms with Gasteiger partial charge in [0.1, 0.15) is 0 Å². The van der Waals surface area contributed by atoms with Gasteiger partial charge in [0, 0.05) is 6.61 Å². The number of hydrogen-bond donors (Lipinski definition) is 1. The van der Waals surface area contributed by atoms with Crippen LogP contribution in [0, 0.1) is 6.42 Å². The third-order valence-corrected chi connectivity index (χ3v) is 1.06. The van der Waals surface area contributed by atoms with Gasteiger partial charge in [-0.15, -0.1) is 0 Å². The van der Waals surface area contributed by atoms with Crippen LogP contribution in [0.1, 0.15) is 32.6 Å². The summed E-state index contributed by atoms with van der Waals surface area (Å²) in [7, 11) is 0. The Morgan fingerprint density at radius 3 is 2.62 bits per heavy atom. The lowest BCUT2D eigenvalue weighted by Gasteiger charge is -1.93. The van der Waals surface area contributed by atoms with Gasteiger partial charge in [-0.25, -0.2) is 0 Å². The van der Waals surface area contributed by atoms with Crippen LogP contribution in [0.25, 0.3) is 0 Å². The normalized spacial score (nSPS) is 9.75. The summed E-state index contributed by atoms with van der Waals surface area (Å²) < 4.78 is 0. The highest BCUT2D eigenvalue weighted by molar-refractivity contribution is 4.61. The molecule has 0 bridgehead atoms. The van der Waals surface area contributed by atoms with E-state index in [2.05, 4.69) is 13.3 Å². The van der Waals surface area contributed by atoms with E-state index in [1.807, 2.05) is 0 Å². The third kappa shape index (κ3) is 5.96. The summed E-state index contributed by atoms with van der Waals surface area (Å²) in [5.74, 6) is 0. The highest BCUT2D eigenvalue weighted by Gasteiger charge is 1.84. The number of hydrogen-bond acceptors (Lipinski definition) is 1. The highest BCUT2D eigenvalue weighted by atomic mass is 16.2. The van der Waals surface area contributed by atoms with Gasteiger partial charge in [-0.1, -0.05) is 19.8 Å². The van der Waals surface area contributed by atoms with E-state index in [4.69, 9.17) is 5.11 Å². The van der Waals surface area contributed by atoms with Crippen LogP contribution in [0.2, 0.25) is 0 Å². The molecule has 0 aromatic rings. The van der Waals surface area contributed by atoms with Gasteiger partial charge >= 0.3 is 0 Å². The summed E-state index contributed by atoms with van der Waals surface area (Å²) in [4.78, 5) is 0. The van der Waals surface area contributed by atoms with Crippen LogP contribution in [0.3, 0.4) is 0 Å². The molecule has 0 rings (SSSR count). The molecule has 0 aliphatic carbocycles. The molecule has 1 nitrogen and oxygen atoms in total. The van der Waals surface area contributed by atoms with Gasteiger partial charge < -0.3 is 5.11 Å². The molecule has 0 saturated carbocycles. The smallest absolute Gasteiger partial charge is 0.0431 e. The standard InChI is InChI=1S/C7H15O/c1-2-3-4-5-6-7-8/h4,8H,2-3,5-7H2,1H3. The lowest BCUT2D eigenvalue weighted by atomic mass is 10.2. The van der Waals surface area contributed by atoms with Crippen molar-refractivity contribution in [2.75, 3.05) is 6.61 Å². The van der Waals surface area contributed by atoms with Crippen molar-refractivity contribution in [2.24, 2.45) is 0 Å². The van der Waals surface area contributed by atoms with Crippen LogP contribution < -0.4 is 0 Å². The molecule has 0 unspecified atom stereocenters. The minimum Gasteiger partial charge on any atom is -0.396 e. The zero-order valence-electron chi connectivity index (χ0n) is 5.56. The van der Waals surface area contributed by atoms with Crippen LogP contribution in [0.4, 0.5) is 0 Å². The maximum atomic E-state index is 8.35. The Bertz CT molecular complexity index is 29.4. The number of unbranched alkanes of at least 4 members (excludes halogenated alkanes) is 4. The maximum Gasteiger partial charge on any atom is 0.0431 e. The lowest BCUT2D eigenvalue weighted by molar-refractivity contribution is 0.287. The predicted molar refractivity (Wildman–Crippen MR) is 35.5 cm³/mol.